The minimum atomic E-state index is -0.970. The van der Waals surface area contributed by atoms with E-state index in [1.54, 1.807) is 48.5 Å². The molecule has 7 nitrogen and oxygen atoms in total. The molecule has 0 aliphatic heterocycles. The van der Waals surface area contributed by atoms with Crippen LogP contribution in [-0.4, -0.2) is 61.1 Å². The van der Waals surface area contributed by atoms with E-state index in [1.807, 2.05) is 27.2 Å². The first-order valence-electron chi connectivity index (χ1n) is 8.93. The fourth-order valence-electron chi connectivity index (χ4n) is 2.85. The molecule has 0 saturated carbocycles. The number of rotatable bonds is 8. The molecule has 148 valence electrons. The van der Waals surface area contributed by atoms with Gasteiger partial charge in [-0.3, -0.25) is 9.59 Å². The summed E-state index contributed by atoms with van der Waals surface area (Å²) in [5.41, 5.74) is 1.63. The molecule has 0 aliphatic rings. The number of aliphatic carboxylic acids is 1. The Kier molecular flexibility index (Phi) is 6.89. The zero-order valence-corrected chi connectivity index (χ0v) is 16.3. The zero-order valence-electron chi connectivity index (χ0n) is 16.3. The smallest absolute Gasteiger partial charge is 0.319 e. The number of amides is 2. The van der Waals surface area contributed by atoms with E-state index in [1.165, 1.54) is 0 Å². The Balaban J connectivity index is 1.99. The first-order valence-corrected chi connectivity index (χ1v) is 8.93. The topological polar surface area (TPSA) is 95.5 Å². The maximum Gasteiger partial charge on any atom is 0.319 e. The molecule has 2 rings (SSSR count). The lowest BCUT2D eigenvalue weighted by Gasteiger charge is -2.29. The number of quaternary nitrogens is 1. The van der Waals surface area contributed by atoms with Gasteiger partial charge in [-0.2, -0.15) is 0 Å². The van der Waals surface area contributed by atoms with Gasteiger partial charge in [0.15, 0.2) is 5.78 Å². The summed E-state index contributed by atoms with van der Waals surface area (Å²) in [6, 6.07) is 14.5. The number of likely N-dealkylation sites (N-methyl/N-ethyl adjacent to an activating group) is 1. The van der Waals surface area contributed by atoms with Gasteiger partial charge in [0.05, 0.1) is 40.2 Å². The third-order valence-corrected chi connectivity index (χ3v) is 3.97. The standard InChI is InChI=1S/C21H25N3O4/c1-24(2,3)14-18(13-19(25)26)23-21(28)22-17-11-9-16(10-12-17)20(27)15-7-5-4-6-8-15/h4-12,18H,13-14H2,1-3H3,(H2-,22,23,25,26,27,28)/p+1. The molecule has 0 spiro atoms. The van der Waals surface area contributed by atoms with E-state index in [0.717, 1.165) is 0 Å². The number of carboxylic acid groups (broad SMARTS) is 1. The molecule has 1 unspecified atom stereocenters. The van der Waals surface area contributed by atoms with Gasteiger partial charge in [0.25, 0.3) is 0 Å². The number of benzene rings is 2. The largest absolute Gasteiger partial charge is 0.481 e. The van der Waals surface area contributed by atoms with E-state index < -0.39 is 18.0 Å². The fourth-order valence-corrected chi connectivity index (χ4v) is 2.85. The van der Waals surface area contributed by atoms with Crippen LogP contribution in [0.2, 0.25) is 0 Å². The summed E-state index contributed by atoms with van der Waals surface area (Å²) in [7, 11) is 5.78. The van der Waals surface area contributed by atoms with Crippen LogP contribution in [0.25, 0.3) is 0 Å². The van der Waals surface area contributed by atoms with Crippen LogP contribution in [0.1, 0.15) is 22.3 Å². The van der Waals surface area contributed by atoms with Gasteiger partial charge in [-0.25, -0.2) is 4.79 Å². The van der Waals surface area contributed by atoms with Crippen molar-refractivity contribution in [3.05, 3.63) is 65.7 Å². The highest BCUT2D eigenvalue weighted by Gasteiger charge is 2.23. The average molecular weight is 384 g/mol. The van der Waals surface area contributed by atoms with Crippen molar-refractivity contribution in [1.82, 2.24) is 5.32 Å². The number of hydrogen-bond donors (Lipinski definition) is 3. The molecule has 0 aromatic heterocycles. The number of carbonyl (C=O) groups is 3. The highest BCUT2D eigenvalue weighted by molar-refractivity contribution is 6.09. The van der Waals surface area contributed by atoms with Crippen molar-refractivity contribution in [3.63, 3.8) is 0 Å². The van der Waals surface area contributed by atoms with Gasteiger partial charge in [-0.05, 0) is 24.3 Å². The lowest BCUT2D eigenvalue weighted by atomic mass is 10.0. The molecule has 1 atom stereocenters. The highest BCUT2D eigenvalue weighted by atomic mass is 16.4. The number of hydrogen-bond acceptors (Lipinski definition) is 3. The molecule has 2 aromatic rings. The molecule has 0 saturated heterocycles. The van der Waals surface area contributed by atoms with Crippen LogP contribution < -0.4 is 10.6 Å². The van der Waals surface area contributed by atoms with Gasteiger partial charge in [0.1, 0.15) is 0 Å². The minimum Gasteiger partial charge on any atom is -0.481 e. The van der Waals surface area contributed by atoms with Gasteiger partial charge < -0.3 is 20.2 Å². The minimum absolute atomic E-state index is 0.0962. The van der Waals surface area contributed by atoms with Crippen molar-refractivity contribution in [1.29, 1.82) is 0 Å². The normalized spacial score (nSPS) is 12.1. The third-order valence-electron chi connectivity index (χ3n) is 3.97. The molecule has 0 heterocycles. The van der Waals surface area contributed by atoms with E-state index in [0.29, 0.717) is 27.8 Å². The second kappa shape index (κ2) is 9.14. The van der Waals surface area contributed by atoms with Gasteiger partial charge in [0, 0.05) is 16.8 Å². The van der Waals surface area contributed by atoms with Crippen LogP contribution in [0.15, 0.2) is 54.6 Å². The molecule has 0 bridgehead atoms. The van der Waals surface area contributed by atoms with Crippen molar-refractivity contribution in [2.24, 2.45) is 0 Å². The lowest BCUT2D eigenvalue weighted by Crippen LogP contribution is -2.50. The van der Waals surface area contributed by atoms with E-state index in [9.17, 15) is 14.4 Å². The van der Waals surface area contributed by atoms with Crippen molar-refractivity contribution < 1.29 is 24.0 Å². The van der Waals surface area contributed by atoms with Crippen molar-refractivity contribution in [2.45, 2.75) is 12.5 Å². The lowest BCUT2D eigenvalue weighted by molar-refractivity contribution is -0.871. The number of anilines is 1. The van der Waals surface area contributed by atoms with Crippen LogP contribution in [0, 0.1) is 0 Å². The summed E-state index contributed by atoms with van der Waals surface area (Å²) >= 11 is 0. The summed E-state index contributed by atoms with van der Waals surface area (Å²) < 4.78 is 0.522. The van der Waals surface area contributed by atoms with Crippen molar-refractivity contribution in [3.8, 4) is 0 Å². The van der Waals surface area contributed by atoms with Crippen LogP contribution in [0.4, 0.5) is 10.5 Å². The molecule has 7 heteroatoms. The second-order valence-electron chi connectivity index (χ2n) is 7.64. The summed E-state index contributed by atoms with van der Waals surface area (Å²) in [6.07, 6.45) is -0.159. The van der Waals surface area contributed by atoms with Crippen LogP contribution in [0.5, 0.6) is 0 Å². The van der Waals surface area contributed by atoms with Crippen LogP contribution in [-0.2, 0) is 4.79 Å². The van der Waals surface area contributed by atoms with E-state index in [4.69, 9.17) is 5.11 Å². The number of ketones is 1. The van der Waals surface area contributed by atoms with E-state index >= 15 is 0 Å². The molecule has 0 fully saturated rings. The molecular weight excluding hydrogens is 358 g/mol. The predicted molar refractivity (Wildman–Crippen MR) is 107 cm³/mol. The van der Waals surface area contributed by atoms with Gasteiger partial charge >= 0.3 is 12.0 Å². The first kappa shape index (κ1) is 21.1. The number of carboxylic acids is 1. The van der Waals surface area contributed by atoms with Gasteiger partial charge in [-0.1, -0.05) is 30.3 Å². The molecular formula is C21H26N3O4+. The molecule has 0 radical (unpaired) electrons. The second-order valence-corrected chi connectivity index (χ2v) is 7.64. The predicted octanol–water partition coefficient (Wildman–Crippen LogP) is 2.59. The SMILES string of the molecule is C[N+](C)(C)CC(CC(=O)O)NC(=O)Nc1ccc(C(=O)c2ccccc2)cc1. The highest BCUT2D eigenvalue weighted by Crippen LogP contribution is 2.14. The maximum atomic E-state index is 12.4. The van der Waals surface area contributed by atoms with Crippen molar-refractivity contribution >= 4 is 23.5 Å². The summed E-state index contributed by atoms with van der Waals surface area (Å²) in [4.78, 5) is 35.7. The van der Waals surface area contributed by atoms with Crippen LogP contribution >= 0.6 is 0 Å². The van der Waals surface area contributed by atoms with Crippen molar-refractivity contribution in [2.75, 3.05) is 33.0 Å². The van der Waals surface area contributed by atoms with Gasteiger partial charge in [-0.15, -0.1) is 0 Å². The van der Waals surface area contributed by atoms with Gasteiger partial charge in [0.2, 0.25) is 0 Å². The third kappa shape index (κ3) is 6.85. The maximum absolute atomic E-state index is 12.4. The Morgan fingerprint density at radius 3 is 2.04 bits per heavy atom. The zero-order chi connectivity index (χ0) is 20.7. The molecule has 3 N–H and O–H groups in total. The Bertz CT molecular complexity index is 827. The first-order chi connectivity index (χ1) is 13.1. The average Bonchev–Trinajstić information content (AvgIpc) is 2.60. The Morgan fingerprint density at radius 1 is 0.929 bits per heavy atom. The summed E-state index contributed by atoms with van der Waals surface area (Å²) in [5.74, 6) is -1.07. The number of nitrogens with one attached hydrogen (secondary N) is 2. The monoisotopic (exact) mass is 384 g/mol. The number of carbonyl (C=O) groups excluding carboxylic acids is 2. The molecule has 28 heavy (non-hydrogen) atoms. The molecule has 2 amide bonds. The number of urea groups is 1. The quantitative estimate of drug-likeness (QED) is 0.481. The molecule has 2 aromatic carbocycles. The van der Waals surface area contributed by atoms with E-state index in [-0.39, 0.29) is 12.2 Å². The Labute approximate surface area is 164 Å². The molecule has 0 aliphatic carbocycles. The number of nitrogens with zero attached hydrogens (tertiary/aromatic N) is 1. The summed E-state index contributed by atoms with van der Waals surface area (Å²) in [6.45, 7) is 0.476. The van der Waals surface area contributed by atoms with E-state index in [2.05, 4.69) is 10.6 Å². The summed E-state index contributed by atoms with van der Waals surface area (Å²) in [5, 5.41) is 14.4. The Hall–Kier alpha value is -3.19. The Morgan fingerprint density at radius 2 is 1.50 bits per heavy atom. The fraction of sp³-hybridized carbons (Fsp3) is 0.286. The van der Waals surface area contributed by atoms with Crippen LogP contribution in [0.3, 0.4) is 0 Å².